The Kier molecular flexibility index (Phi) is 4.52. The van der Waals surface area contributed by atoms with Gasteiger partial charge in [-0.15, -0.1) is 0 Å². The molecule has 0 saturated heterocycles. The topological polar surface area (TPSA) is 54.9 Å². The Labute approximate surface area is 130 Å². The molecule has 1 N–H and O–H groups in total. The molecule has 1 amide bonds. The average molecular weight is 438 g/mol. The molecule has 2 rings (SSSR count). The second kappa shape index (κ2) is 5.94. The van der Waals surface area contributed by atoms with Crippen LogP contribution in [0.25, 0.3) is 0 Å². The van der Waals surface area contributed by atoms with Crippen LogP contribution in [-0.4, -0.2) is 15.9 Å². The molecular formula is C11H6BrClIN3O. The highest BCUT2D eigenvalue weighted by Crippen LogP contribution is 2.19. The molecule has 92 valence electrons. The molecule has 7 heteroatoms. The van der Waals surface area contributed by atoms with Crippen molar-refractivity contribution in [1.29, 1.82) is 0 Å². The number of anilines is 1. The summed E-state index contributed by atoms with van der Waals surface area (Å²) in [5, 5.41) is 3.17. The van der Waals surface area contributed by atoms with Gasteiger partial charge in [0.2, 0.25) is 0 Å². The minimum Gasteiger partial charge on any atom is -0.305 e. The second-order valence-electron chi connectivity index (χ2n) is 3.30. The van der Waals surface area contributed by atoms with Crippen molar-refractivity contribution in [2.24, 2.45) is 0 Å². The first-order chi connectivity index (χ1) is 8.56. The van der Waals surface area contributed by atoms with Gasteiger partial charge in [-0.2, -0.15) is 0 Å². The molecular weight excluding hydrogens is 432 g/mol. The van der Waals surface area contributed by atoms with E-state index in [9.17, 15) is 4.79 Å². The lowest BCUT2D eigenvalue weighted by atomic mass is 10.2. The summed E-state index contributed by atoms with van der Waals surface area (Å²) in [4.78, 5) is 20.0. The van der Waals surface area contributed by atoms with Gasteiger partial charge in [-0.25, -0.2) is 9.97 Å². The van der Waals surface area contributed by atoms with E-state index in [0.717, 1.165) is 3.57 Å². The molecule has 1 aromatic carbocycles. The molecule has 0 fully saturated rings. The Morgan fingerprint density at radius 1 is 1.33 bits per heavy atom. The molecule has 0 atom stereocenters. The van der Waals surface area contributed by atoms with Gasteiger partial charge in [0.15, 0.2) is 5.82 Å². The van der Waals surface area contributed by atoms with Crippen LogP contribution >= 0.6 is 50.1 Å². The minimum atomic E-state index is -0.265. The van der Waals surface area contributed by atoms with Crippen LogP contribution in [0.1, 0.15) is 10.4 Å². The van der Waals surface area contributed by atoms with Gasteiger partial charge >= 0.3 is 0 Å². The first kappa shape index (κ1) is 13.7. The van der Waals surface area contributed by atoms with Gasteiger partial charge in [-0.1, -0.05) is 11.6 Å². The third-order valence-corrected chi connectivity index (χ3v) is 3.62. The number of benzene rings is 1. The third-order valence-electron chi connectivity index (χ3n) is 2.03. The van der Waals surface area contributed by atoms with Crippen molar-refractivity contribution in [3.05, 3.63) is 49.4 Å². The van der Waals surface area contributed by atoms with E-state index in [-0.39, 0.29) is 5.91 Å². The Hall–Kier alpha value is -0.730. The molecule has 18 heavy (non-hydrogen) atoms. The van der Waals surface area contributed by atoms with Gasteiger partial charge in [0.05, 0.1) is 18.0 Å². The largest absolute Gasteiger partial charge is 0.305 e. The van der Waals surface area contributed by atoms with Crippen LogP contribution in [0.15, 0.2) is 35.2 Å². The zero-order valence-corrected chi connectivity index (χ0v) is 13.3. The number of rotatable bonds is 2. The third kappa shape index (κ3) is 3.39. The fraction of sp³-hybridized carbons (Fsp3) is 0. The molecule has 0 aliphatic carbocycles. The van der Waals surface area contributed by atoms with Gasteiger partial charge in [0.25, 0.3) is 5.91 Å². The Morgan fingerprint density at radius 2 is 2.11 bits per heavy atom. The number of carbonyl (C=O) groups is 1. The molecule has 0 aliphatic heterocycles. The number of aromatic nitrogens is 2. The number of halogens is 3. The lowest BCUT2D eigenvalue weighted by Crippen LogP contribution is -2.14. The minimum absolute atomic E-state index is 0.265. The van der Waals surface area contributed by atoms with Crippen molar-refractivity contribution >= 4 is 61.8 Å². The quantitative estimate of drug-likeness (QED) is 0.727. The highest BCUT2D eigenvalue weighted by atomic mass is 127. The summed E-state index contributed by atoms with van der Waals surface area (Å²) in [6, 6.07) is 5.13. The van der Waals surface area contributed by atoms with E-state index in [4.69, 9.17) is 11.6 Å². The van der Waals surface area contributed by atoms with Crippen molar-refractivity contribution in [3.8, 4) is 0 Å². The number of amides is 1. The molecule has 1 heterocycles. The van der Waals surface area contributed by atoms with Crippen molar-refractivity contribution in [3.63, 3.8) is 0 Å². The number of hydrogen-bond acceptors (Lipinski definition) is 3. The van der Waals surface area contributed by atoms with E-state index in [2.05, 4.69) is 53.8 Å². The molecule has 4 nitrogen and oxygen atoms in total. The van der Waals surface area contributed by atoms with Gasteiger partial charge in [0, 0.05) is 8.59 Å². The highest BCUT2D eigenvalue weighted by Gasteiger charge is 2.11. The van der Waals surface area contributed by atoms with Crippen LogP contribution in [0, 0.1) is 3.57 Å². The smallest absolute Gasteiger partial charge is 0.257 e. The van der Waals surface area contributed by atoms with Crippen LogP contribution < -0.4 is 5.32 Å². The predicted molar refractivity (Wildman–Crippen MR) is 81.9 cm³/mol. The van der Waals surface area contributed by atoms with E-state index in [1.54, 1.807) is 18.2 Å². The second-order valence-corrected chi connectivity index (χ2v) is 5.71. The maximum absolute atomic E-state index is 12.0. The van der Waals surface area contributed by atoms with E-state index in [0.29, 0.717) is 21.0 Å². The molecule has 1 aromatic heterocycles. The lowest BCUT2D eigenvalue weighted by Gasteiger charge is -2.06. The molecule has 0 spiro atoms. The predicted octanol–water partition coefficient (Wildman–Crippen LogP) is 3.75. The van der Waals surface area contributed by atoms with E-state index in [1.165, 1.54) is 12.4 Å². The number of nitrogens with zero attached hydrogens (tertiary/aromatic N) is 2. The summed E-state index contributed by atoms with van der Waals surface area (Å²) >= 11 is 11.1. The average Bonchev–Trinajstić information content (AvgIpc) is 2.35. The van der Waals surface area contributed by atoms with Crippen LogP contribution in [0.5, 0.6) is 0 Å². The summed E-state index contributed by atoms with van der Waals surface area (Å²) in [6.07, 6.45) is 2.98. The van der Waals surface area contributed by atoms with E-state index < -0.39 is 0 Å². The van der Waals surface area contributed by atoms with Crippen molar-refractivity contribution in [2.75, 3.05) is 5.32 Å². The standard InChI is InChI=1S/C11H6BrClIN3O/c12-9-4-16-10(5-15-9)17-11(18)7-3-6(13)1-2-8(7)14/h1-5H,(H,16,17,18). The van der Waals surface area contributed by atoms with Crippen LogP contribution in [0.3, 0.4) is 0 Å². The van der Waals surface area contributed by atoms with Gasteiger partial charge in [-0.05, 0) is 56.7 Å². The fourth-order valence-corrected chi connectivity index (χ4v) is 2.19. The molecule has 0 aliphatic rings. The number of nitrogens with one attached hydrogen (secondary N) is 1. The van der Waals surface area contributed by atoms with Crippen LogP contribution in [-0.2, 0) is 0 Å². The lowest BCUT2D eigenvalue weighted by molar-refractivity contribution is 0.102. The monoisotopic (exact) mass is 437 g/mol. The summed E-state index contributed by atoms with van der Waals surface area (Å²) in [5.41, 5.74) is 0.507. The molecule has 2 aromatic rings. The Morgan fingerprint density at radius 3 is 2.78 bits per heavy atom. The molecule has 0 unspecified atom stereocenters. The first-order valence-electron chi connectivity index (χ1n) is 4.80. The van der Waals surface area contributed by atoms with Crippen LogP contribution in [0.2, 0.25) is 5.02 Å². The summed E-state index contributed by atoms with van der Waals surface area (Å²) in [6.45, 7) is 0. The number of carbonyl (C=O) groups excluding carboxylic acids is 1. The first-order valence-corrected chi connectivity index (χ1v) is 7.05. The van der Waals surface area contributed by atoms with Crippen molar-refractivity contribution in [2.45, 2.75) is 0 Å². The van der Waals surface area contributed by atoms with Gasteiger partial charge in [0.1, 0.15) is 4.60 Å². The number of hydrogen-bond donors (Lipinski definition) is 1. The molecule has 0 saturated carbocycles. The summed E-state index contributed by atoms with van der Waals surface area (Å²) in [5.74, 6) is 0.123. The van der Waals surface area contributed by atoms with E-state index >= 15 is 0 Å². The summed E-state index contributed by atoms with van der Waals surface area (Å²) < 4.78 is 1.43. The zero-order chi connectivity index (χ0) is 13.1. The highest BCUT2D eigenvalue weighted by molar-refractivity contribution is 14.1. The SMILES string of the molecule is O=C(Nc1cnc(Br)cn1)c1cc(Cl)ccc1I. The van der Waals surface area contributed by atoms with Crippen molar-refractivity contribution < 1.29 is 4.79 Å². The van der Waals surface area contributed by atoms with Gasteiger partial charge in [-0.3, -0.25) is 4.79 Å². The van der Waals surface area contributed by atoms with Gasteiger partial charge < -0.3 is 5.32 Å². The normalized spacial score (nSPS) is 10.2. The van der Waals surface area contributed by atoms with E-state index in [1.807, 2.05) is 0 Å². The zero-order valence-electron chi connectivity index (χ0n) is 8.82. The Bertz CT molecular complexity index is 591. The molecule has 0 radical (unpaired) electrons. The molecule has 0 bridgehead atoms. The maximum atomic E-state index is 12.0. The van der Waals surface area contributed by atoms with Crippen molar-refractivity contribution in [1.82, 2.24) is 9.97 Å². The fourth-order valence-electron chi connectivity index (χ4n) is 1.23. The summed E-state index contributed by atoms with van der Waals surface area (Å²) in [7, 11) is 0. The maximum Gasteiger partial charge on any atom is 0.257 e. The Balaban J connectivity index is 2.21. The van der Waals surface area contributed by atoms with Crippen LogP contribution in [0.4, 0.5) is 5.82 Å².